The van der Waals surface area contributed by atoms with Crippen molar-refractivity contribution in [3.05, 3.63) is 71.2 Å². The number of benzene rings is 1. The van der Waals surface area contributed by atoms with Gasteiger partial charge in [0.2, 0.25) is 5.91 Å². The predicted octanol–water partition coefficient (Wildman–Crippen LogP) is 3.18. The number of aryl methyl sites for hydroxylation is 1. The van der Waals surface area contributed by atoms with Gasteiger partial charge in [-0.25, -0.2) is 9.07 Å². The number of hydrogen-bond acceptors (Lipinski definition) is 4. The molecule has 1 saturated heterocycles. The predicted molar refractivity (Wildman–Crippen MR) is 112 cm³/mol. The molecule has 1 aliphatic heterocycles. The second-order valence-electron chi connectivity index (χ2n) is 7.86. The van der Waals surface area contributed by atoms with Crippen molar-refractivity contribution in [2.45, 2.75) is 39.2 Å². The molecular formula is C23H25FN4O3. The number of amides is 2. The minimum absolute atomic E-state index is 0.0358. The molecule has 1 aromatic carbocycles. The molecule has 3 aromatic rings. The van der Waals surface area contributed by atoms with Crippen LogP contribution in [-0.4, -0.2) is 45.6 Å². The Labute approximate surface area is 179 Å². The average molecular weight is 424 g/mol. The average Bonchev–Trinajstić information content (AvgIpc) is 3.39. The van der Waals surface area contributed by atoms with E-state index < -0.39 is 0 Å². The third-order valence-corrected chi connectivity index (χ3v) is 5.77. The zero-order valence-electron chi connectivity index (χ0n) is 17.6. The van der Waals surface area contributed by atoms with E-state index in [1.54, 1.807) is 27.8 Å². The van der Waals surface area contributed by atoms with E-state index in [0.717, 1.165) is 22.6 Å². The minimum Gasteiger partial charge on any atom is -0.472 e. The summed E-state index contributed by atoms with van der Waals surface area (Å²) in [4.78, 5) is 26.9. The van der Waals surface area contributed by atoms with Crippen LogP contribution in [0.25, 0.3) is 5.69 Å². The number of nitrogens with zero attached hydrogens (tertiary/aromatic N) is 3. The highest BCUT2D eigenvalue weighted by atomic mass is 19.1. The van der Waals surface area contributed by atoms with Crippen LogP contribution in [-0.2, 0) is 11.2 Å². The van der Waals surface area contributed by atoms with Crippen LogP contribution in [0, 0.1) is 19.7 Å². The number of hydrogen-bond donors (Lipinski definition) is 1. The highest BCUT2D eigenvalue weighted by molar-refractivity contribution is 5.93. The second kappa shape index (κ2) is 8.75. The van der Waals surface area contributed by atoms with Crippen LogP contribution in [0.3, 0.4) is 0 Å². The largest absolute Gasteiger partial charge is 0.472 e. The minimum atomic E-state index is -0.303. The molecule has 7 nitrogen and oxygen atoms in total. The lowest BCUT2D eigenvalue weighted by molar-refractivity contribution is -0.121. The fourth-order valence-electron chi connectivity index (χ4n) is 4.00. The quantitative estimate of drug-likeness (QED) is 0.682. The third kappa shape index (κ3) is 4.52. The lowest BCUT2D eigenvalue weighted by Gasteiger charge is -2.32. The Hall–Kier alpha value is -3.42. The molecule has 0 unspecified atom stereocenters. The number of carbonyl (C=O) groups excluding carboxylic acids is 2. The van der Waals surface area contributed by atoms with E-state index in [0.29, 0.717) is 31.5 Å². The molecule has 1 aliphatic rings. The van der Waals surface area contributed by atoms with Gasteiger partial charge in [-0.2, -0.15) is 5.10 Å². The molecule has 2 aromatic heterocycles. The van der Waals surface area contributed by atoms with Gasteiger partial charge in [-0.05, 0) is 57.0 Å². The van der Waals surface area contributed by atoms with Crippen molar-refractivity contribution in [1.82, 2.24) is 20.0 Å². The van der Waals surface area contributed by atoms with Crippen LogP contribution in [0.1, 0.15) is 40.2 Å². The van der Waals surface area contributed by atoms with Crippen molar-refractivity contribution in [1.29, 1.82) is 0 Å². The van der Waals surface area contributed by atoms with E-state index in [1.807, 2.05) is 13.8 Å². The number of halogens is 1. The number of piperidine rings is 1. The molecule has 0 aliphatic carbocycles. The first-order valence-electron chi connectivity index (χ1n) is 10.3. The fourth-order valence-corrected chi connectivity index (χ4v) is 4.00. The number of likely N-dealkylation sites (tertiary alicyclic amines) is 1. The smallest absolute Gasteiger partial charge is 0.257 e. The highest BCUT2D eigenvalue weighted by Crippen LogP contribution is 2.20. The third-order valence-electron chi connectivity index (χ3n) is 5.77. The van der Waals surface area contributed by atoms with Crippen molar-refractivity contribution in [2.24, 2.45) is 0 Å². The van der Waals surface area contributed by atoms with Crippen LogP contribution in [0.15, 0.2) is 47.3 Å². The van der Waals surface area contributed by atoms with Gasteiger partial charge in [0.25, 0.3) is 5.91 Å². The summed E-state index contributed by atoms with van der Waals surface area (Å²) in [7, 11) is 0. The maximum Gasteiger partial charge on any atom is 0.257 e. The summed E-state index contributed by atoms with van der Waals surface area (Å²) >= 11 is 0. The van der Waals surface area contributed by atoms with E-state index in [4.69, 9.17) is 4.42 Å². The van der Waals surface area contributed by atoms with E-state index in [2.05, 4.69) is 10.4 Å². The van der Waals surface area contributed by atoms with E-state index in [-0.39, 0.29) is 30.1 Å². The number of furan rings is 1. The topological polar surface area (TPSA) is 80.4 Å². The van der Waals surface area contributed by atoms with Gasteiger partial charge in [0.15, 0.2) is 0 Å². The zero-order chi connectivity index (χ0) is 22.0. The Morgan fingerprint density at radius 1 is 1.16 bits per heavy atom. The standard InChI is InChI=1S/C23H25FN4O3/c1-15-21(16(2)28(26-15)20-5-3-18(24)4-6-20)13-22(29)25-19-7-10-27(11-8-19)23(30)17-9-12-31-14-17/h3-6,9,12,14,19H,7-8,10-11,13H2,1-2H3,(H,25,29). The van der Waals surface area contributed by atoms with Crippen molar-refractivity contribution >= 4 is 11.8 Å². The molecule has 0 bridgehead atoms. The molecular weight excluding hydrogens is 399 g/mol. The van der Waals surface area contributed by atoms with Crippen molar-refractivity contribution in [2.75, 3.05) is 13.1 Å². The van der Waals surface area contributed by atoms with Crippen LogP contribution in [0.2, 0.25) is 0 Å². The molecule has 0 spiro atoms. The maximum absolute atomic E-state index is 13.2. The Bertz CT molecular complexity index is 1070. The fraction of sp³-hybridized carbons (Fsp3) is 0.348. The van der Waals surface area contributed by atoms with E-state index >= 15 is 0 Å². The molecule has 3 heterocycles. The van der Waals surface area contributed by atoms with Crippen molar-refractivity contribution < 1.29 is 18.4 Å². The number of nitrogens with one attached hydrogen (secondary N) is 1. The Balaban J connectivity index is 1.34. The van der Waals surface area contributed by atoms with Gasteiger partial charge in [0.05, 0.1) is 29.6 Å². The lowest BCUT2D eigenvalue weighted by Crippen LogP contribution is -2.46. The van der Waals surface area contributed by atoms with Gasteiger partial charge in [-0.3, -0.25) is 9.59 Å². The Morgan fingerprint density at radius 3 is 2.52 bits per heavy atom. The molecule has 0 radical (unpaired) electrons. The van der Waals surface area contributed by atoms with Gasteiger partial charge in [-0.1, -0.05) is 0 Å². The SMILES string of the molecule is Cc1nn(-c2ccc(F)cc2)c(C)c1CC(=O)NC1CCN(C(=O)c2ccoc2)CC1. The van der Waals surface area contributed by atoms with Crippen molar-refractivity contribution in [3.63, 3.8) is 0 Å². The summed E-state index contributed by atoms with van der Waals surface area (Å²) in [6.45, 7) is 4.96. The van der Waals surface area contributed by atoms with Gasteiger partial charge in [0.1, 0.15) is 12.1 Å². The molecule has 31 heavy (non-hydrogen) atoms. The molecule has 1 N–H and O–H groups in total. The number of carbonyl (C=O) groups is 2. The molecule has 8 heteroatoms. The molecule has 0 saturated carbocycles. The Morgan fingerprint density at radius 2 is 1.87 bits per heavy atom. The van der Waals surface area contributed by atoms with Gasteiger partial charge >= 0.3 is 0 Å². The second-order valence-corrected chi connectivity index (χ2v) is 7.86. The van der Waals surface area contributed by atoms with Crippen LogP contribution in [0.4, 0.5) is 4.39 Å². The van der Waals surface area contributed by atoms with Crippen LogP contribution in [0.5, 0.6) is 0 Å². The summed E-state index contributed by atoms with van der Waals surface area (Å²) < 4.78 is 19.9. The molecule has 0 atom stereocenters. The monoisotopic (exact) mass is 424 g/mol. The summed E-state index contributed by atoms with van der Waals surface area (Å²) in [6.07, 6.45) is 4.59. The van der Waals surface area contributed by atoms with Gasteiger partial charge in [-0.15, -0.1) is 0 Å². The normalized spacial score (nSPS) is 14.6. The van der Waals surface area contributed by atoms with E-state index in [1.165, 1.54) is 24.7 Å². The molecule has 1 fully saturated rings. The zero-order valence-corrected chi connectivity index (χ0v) is 17.6. The maximum atomic E-state index is 13.2. The number of aromatic nitrogens is 2. The summed E-state index contributed by atoms with van der Waals surface area (Å²) in [6, 6.07) is 7.80. The van der Waals surface area contributed by atoms with Crippen molar-refractivity contribution in [3.8, 4) is 5.69 Å². The first-order chi connectivity index (χ1) is 14.9. The van der Waals surface area contributed by atoms with Gasteiger partial charge in [0, 0.05) is 30.4 Å². The lowest BCUT2D eigenvalue weighted by atomic mass is 10.0. The Kier molecular flexibility index (Phi) is 5.88. The van der Waals surface area contributed by atoms with Crippen LogP contribution >= 0.6 is 0 Å². The number of rotatable bonds is 5. The summed E-state index contributed by atoms with van der Waals surface area (Å²) in [5, 5.41) is 7.62. The molecule has 4 rings (SSSR count). The first-order valence-corrected chi connectivity index (χ1v) is 10.3. The first kappa shape index (κ1) is 20.8. The highest BCUT2D eigenvalue weighted by Gasteiger charge is 2.25. The summed E-state index contributed by atoms with van der Waals surface area (Å²) in [5.41, 5.74) is 3.81. The van der Waals surface area contributed by atoms with Crippen LogP contribution < -0.4 is 5.32 Å². The summed E-state index contributed by atoms with van der Waals surface area (Å²) in [5.74, 6) is -0.412. The molecule has 162 valence electrons. The van der Waals surface area contributed by atoms with E-state index in [9.17, 15) is 14.0 Å². The van der Waals surface area contributed by atoms with Gasteiger partial charge < -0.3 is 14.6 Å². The molecule has 2 amide bonds.